The molecule has 492 valence electrons. The van der Waals surface area contributed by atoms with Crippen molar-refractivity contribution in [2.45, 2.75) is 197 Å². The second kappa shape index (κ2) is 45.7. The van der Waals surface area contributed by atoms with Crippen molar-refractivity contribution in [3.63, 3.8) is 0 Å². The van der Waals surface area contributed by atoms with Crippen molar-refractivity contribution in [3.8, 4) is 0 Å². The van der Waals surface area contributed by atoms with Crippen LogP contribution in [0.2, 0.25) is 0 Å². The number of aromatic nitrogens is 1. The Morgan fingerprint density at radius 2 is 1.09 bits per heavy atom. The molecule has 0 aliphatic carbocycles. The van der Waals surface area contributed by atoms with E-state index in [-0.39, 0.29) is 72.8 Å². The molecule has 12 N–H and O–H groups in total. The van der Waals surface area contributed by atoms with E-state index in [9.17, 15) is 47.9 Å². The maximum atomic E-state index is 13.3. The smallest absolute Gasteiger partial charge is 0.426 e. The van der Waals surface area contributed by atoms with Gasteiger partial charge in [0.15, 0.2) is 0 Å². The van der Waals surface area contributed by atoms with E-state index in [0.29, 0.717) is 185 Å². The number of aliphatic carboxylic acids is 1. The van der Waals surface area contributed by atoms with E-state index < -0.39 is 29.6 Å². The second-order valence-electron chi connectivity index (χ2n) is 22.5. The minimum atomic E-state index is -0.865. The zero-order valence-corrected chi connectivity index (χ0v) is 52.3. The number of ether oxygens (including phenoxy) is 4. The van der Waals surface area contributed by atoms with Gasteiger partial charge in [-0.15, -0.1) is 0 Å². The molecule has 2 fully saturated rings. The van der Waals surface area contributed by atoms with Crippen LogP contribution in [0.25, 0.3) is 0 Å². The highest BCUT2D eigenvalue weighted by Gasteiger charge is 2.42. The number of fused-ring (bicyclic) bond motifs is 1. The van der Waals surface area contributed by atoms with Gasteiger partial charge in [0.05, 0.1) is 44.1 Å². The first-order valence-corrected chi connectivity index (χ1v) is 32.2. The van der Waals surface area contributed by atoms with Gasteiger partial charge in [0.2, 0.25) is 35.4 Å². The molecule has 0 bridgehead atoms. The molecule has 3 rings (SSSR count). The molecule has 0 unspecified atom stereocenters. The second-order valence-corrected chi connectivity index (χ2v) is 23.8. The van der Waals surface area contributed by atoms with Crippen LogP contribution in [-0.4, -0.2) is 183 Å². The molecular weight excluding hydrogens is 1150 g/mol. The first kappa shape index (κ1) is 74.7. The number of urea groups is 1. The van der Waals surface area contributed by atoms with Crippen molar-refractivity contribution in [2.24, 2.45) is 0 Å². The van der Waals surface area contributed by atoms with Crippen molar-refractivity contribution < 1.29 is 72.0 Å². The topological polar surface area (TPSA) is 373 Å². The Morgan fingerprint density at radius 1 is 0.586 bits per heavy atom. The zero-order valence-electron chi connectivity index (χ0n) is 51.5. The third-order valence-electron chi connectivity index (χ3n) is 13.7. The monoisotopic (exact) mass is 1250 g/mol. The Morgan fingerprint density at radius 3 is 1.66 bits per heavy atom. The average Bonchev–Trinajstić information content (AvgIpc) is 2.11. The normalized spacial score (nSPS) is 15.4. The minimum absolute atomic E-state index is 0.0323. The van der Waals surface area contributed by atoms with E-state index in [2.05, 4.69) is 63.7 Å². The van der Waals surface area contributed by atoms with Gasteiger partial charge in [-0.2, -0.15) is 11.8 Å². The summed E-state index contributed by atoms with van der Waals surface area (Å²) in [6, 6.07) is 2.60. The first-order chi connectivity index (χ1) is 41.9. The molecule has 10 amide bonds. The molecule has 0 aromatic carbocycles. The largest absolute Gasteiger partial charge is 0.481 e. The molecule has 1 aromatic rings. The van der Waals surface area contributed by atoms with Gasteiger partial charge in [-0.25, -0.2) is 20.0 Å². The summed E-state index contributed by atoms with van der Waals surface area (Å²) in [6.07, 6.45) is 13.2. The highest BCUT2D eigenvalue weighted by Crippen LogP contribution is 2.33. The number of nitrogens with zero attached hydrogens (tertiary/aromatic N) is 1. The number of hydrogen-bond acceptors (Lipinski definition) is 17. The van der Waals surface area contributed by atoms with E-state index >= 15 is 0 Å². The number of carbonyl (C=O) groups is 10. The Labute approximate surface area is 516 Å². The van der Waals surface area contributed by atoms with Crippen molar-refractivity contribution in [2.75, 3.05) is 90.1 Å². The van der Waals surface area contributed by atoms with E-state index in [1.165, 1.54) is 6.20 Å². The van der Waals surface area contributed by atoms with Crippen molar-refractivity contribution in [3.05, 3.63) is 23.9 Å². The number of nitrogens with one attached hydrogen (secondary N) is 11. The van der Waals surface area contributed by atoms with Gasteiger partial charge >= 0.3 is 18.1 Å². The molecule has 3 heterocycles. The summed E-state index contributed by atoms with van der Waals surface area (Å²) in [5.74, 6) is -1.13. The lowest BCUT2D eigenvalue weighted by atomic mass is 10.0. The molecule has 1 aromatic heterocycles. The van der Waals surface area contributed by atoms with E-state index in [0.717, 1.165) is 44.3 Å². The van der Waals surface area contributed by atoms with Gasteiger partial charge in [0.25, 0.3) is 5.91 Å². The Bertz CT molecular complexity index is 2230. The summed E-state index contributed by atoms with van der Waals surface area (Å²) in [7, 11) is 0. The van der Waals surface area contributed by atoms with Crippen molar-refractivity contribution in [1.82, 2.24) is 58.3 Å². The highest BCUT2D eigenvalue weighted by atomic mass is 32.2. The molecule has 2 aliphatic heterocycles. The van der Waals surface area contributed by atoms with Gasteiger partial charge in [0.1, 0.15) is 17.5 Å². The fraction of sp³-hybridized carbons (Fsp3) is 0.746. The number of carboxylic acids is 1. The number of carbonyl (C=O) groups excluding carboxylic acids is 9. The summed E-state index contributed by atoms with van der Waals surface area (Å²) < 4.78 is 22.0. The van der Waals surface area contributed by atoms with Crippen LogP contribution in [0.4, 0.5) is 15.4 Å². The third kappa shape index (κ3) is 38.4. The number of unbranched alkanes of at least 4 members (excludes halogenated alkanes) is 8. The number of hydrazine groups is 1. The molecular formula is C59H100N12O15S. The van der Waals surface area contributed by atoms with Crippen LogP contribution in [0.3, 0.4) is 0 Å². The van der Waals surface area contributed by atoms with Gasteiger partial charge in [-0.3, -0.25) is 43.8 Å². The first-order valence-electron chi connectivity index (χ1n) is 31.1. The van der Waals surface area contributed by atoms with Crippen LogP contribution in [-0.2, 0) is 52.5 Å². The van der Waals surface area contributed by atoms with Gasteiger partial charge in [-0.05, 0) is 116 Å². The summed E-state index contributed by atoms with van der Waals surface area (Å²) in [6.45, 7) is 10.2. The molecule has 4 atom stereocenters. The number of rotatable bonds is 50. The predicted octanol–water partition coefficient (Wildman–Crippen LogP) is 4.00. The van der Waals surface area contributed by atoms with Crippen molar-refractivity contribution in [1.29, 1.82) is 0 Å². The van der Waals surface area contributed by atoms with Crippen LogP contribution in [0, 0.1) is 0 Å². The van der Waals surface area contributed by atoms with Crippen LogP contribution in [0.1, 0.15) is 179 Å². The number of pyridine rings is 1. The van der Waals surface area contributed by atoms with E-state index in [1.807, 2.05) is 11.8 Å². The molecule has 0 saturated carbocycles. The minimum Gasteiger partial charge on any atom is -0.481 e. The molecule has 87 heavy (non-hydrogen) atoms. The third-order valence-corrected chi connectivity index (χ3v) is 15.2. The molecule has 27 nitrogen and oxygen atoms in total. The maximum absolute atomic E-state index is 13.3. The fourth-order valence-electron chi connectivity index (χ4n) is 9.08. The number of hydrogen-bond donors (Lipinski definition) is 12. The summed E-state index contributed by atoms with van der Waals surface area (Å²) in [5.41, 5.74) is 4.72. The van der Waals surface area contributed by atoms with E-state index in [4.69, 9.17) is 24.1 Å². The number of amides is 10. The molecule has 2 saturated heterocycles. The molecule has 0 spiro atoms. The van der Waals surface area contributed by atoms with Crippen LogP contribution in [0.15, 0.2) is 18.3 Å². The lowest BCUT2D eigenvalue weighted by Gasteiger charge is -2.19. The van der Waals surface area contributed by atoms with Gasteiger partial charge in [0, 0.05) is 108 Å². The lowest BCUT2D eigenvalue weighted by molar-refractivity contribution is -0.137. The number of thioether (sulfide) groups is 1. The fourth-order valence-corrected chi connectivity index (χ4v) is 10.6. The molecule has 0 radical (unpaired) electrons. The summed E-state index contributed by atoms with van der Waals surface area (Å²) in [4.78, 5) is 126. The van der Waals surface area contributed by atoms with E-state index in [1.54, 1.807) is 32.9 Å². The zero-order chi connectivity index (χ0) is 63.3. The maximum Gasteiger partial charge on any atom is 0.426 e. The Kier molecular flexibility index (Phi) is 39.3. The Hall–Kier alpha value is -6.52. The average molecular weight is 1250 g/mol. The highest BCUT2D eigenvalue weighted by molar-refractivity contribution is 8.00. The molecule has 2 aliphatic rings. The quantitative estimate of drug-likeness (QED) is 0.0249. The standard InChI is InChI=1S/C59H100N12O15S/c1-59(2,3)86-58(82)71-70-47-26-25-43(41-66-47)55(79)64-32-15-5-8-22-48(72)60-29-13-4-7-21-49(73)61-31-16-12-19-44(67-52(76)28-27-51(75)62-30-14-6-9-24-53(77)78)56(80)65-34-18-36-84-38-40-85-39-37-83-35-17-33-63-50(74)23-11-10-20-46-54-45(42-87-46)68-57(81)69-54/h25-26,41,44-46,54H,4-24,27-40,42H2,1-3H3,(H,60,72)(H,61,73)(H,62,75)(H,63,74)(H,64,79)(H,65,80)(H,66,70)(H,67,76)(H,71,82)(H,77,78)(H2,68,69,81)/t44-,45-,46-,54-/m0/s1. The lowest BCUT2D eigenvalue weighted by Crippen LogP contribution is -2.47. The molecule has 28 heteroatoms. The van der Waals surface area contributed by atoms with Crippen LogP contribution >= 0.6 is 11.8 Å². The van der Waals surface area contributed by atoms with Crippen LogP contribution in [0.5, 0.6) is 0 Å². The predicted molar refractivity (Wildman–Crippen MR) is 328 cm³/mol. The van der Waals surface area contributed by atoms with Crippen molar-refractivity contribution >= 4 is 77.0 Å². The summed E-state index contributed by atoms with van der Waals surface area (Å²) in [5, 5.41) is 35.1. The Balaban J connectivity index is 1.18. The number of anilines is 1. The van der Waals surface area contributed by atoms with Gasteiger partial charge < -0.3 is 71.9 Å². The summed E-state index contributed by atoms with van der Waals surface area (Å²) >= 11 is 1.88. The number of carboxylic acid groups (broad SMARTS) is 1. The van der Waals surface area contributed by atoms with Gasteiger partial charge in [-0.1, -0.05) is 25.7 Å². The SMILES string of the molecule is CC(C)(C)OC(=O)NNc1ccc(C(=O)NCCCCCC(=O)NCCCCCC(=O)NCCCC[C@H](NC(=O)CCC(=O)NCCCCCC(=O)O)C(=O)NCCCOCCOCCOCCCNC(=O)CCCC[C@@H]2SC[C@@H]3NC(=O)N[C@@H]32)cn1. The van der Waals surface area contributed by atoms with Crippen LogP contribution < -0.4 is 58.7 Å².